The van der Waals surface area contributed by atoms with Crippen molar-refractivity contribution in [2.75, 3.05) is 16.0 Å². The number of carbonyl (C=O) groups is 2. The summed E-state index contributed by atoms with van der Waals surface area (Å²) < 4.78 is 40.6. The smallest absolute Gasteiger partial charge is 0.406 e. The van der Waals surface area contributed by atoms with Gasteiger partial charge >= 0.3 is 12.4 Å². The zero-order chi connectivity index (χ0) is 29.6. The number of alkyl halides is 3. The molecule has 1 aliphatic heterocycles. The number of urea groups is 1. The maximum absolute atomic E-state index is 12.7. The van der Waals surface area contributed by atoms with Crippen LogP contribution in [0.2, 0.25) is 0 Å². The van der Waals surface area contributed by atoms with Gasteiger partial charge in [-0.2, -0.15) is 4.99 Å². The molecule has 4 rings (SSSR count). The molecule has 214 valence electrons. The normalized spacial score (nSPS) is 15.3. The van der Waals surface area contributed by atoms with Gasteiger partial charge in [0.1, 0.15) is 17.9 Å². The zero-order valence-corrected chi connectivity index (χ0v) is 22.7. The number of ether oxygens (including phenoxy) is 1. The molecule has 1 aliphatic rings. The lowest BCUT2D eigenvalue weighted by Crippen LogP contribution is -2.31. The second kappa shape index (κ2) is 12.7. The first-order valence-electron chi connectivity index (χ1n) is 12.3. The van der Waals surface area contributed by atoms with Gasteiger partial charge in [0, 0.05) is 12.7 Å². The molecule has 3 amide bonds. The minimum absolute atomic E-state index is 0. The summed E-state index contributed by atoms with van der Waals surface area (Å²) in [6.45, 7) is 4.06. The number of carbonyl (C=O) groups excluding carboxylic acids is 2. The van der Waals surface area contributed by atoms with E-state index in [9.17, 15) is 22.8 Å². The first-order chi connectivity index (χ1) is 19.5. The Bertz CT molecular complexity index is 1510. The van der Waals surface area contributed by atoms with Gasteiger partial charge in [-0.25, -0.2) is 14.8 Å². The van der Waals surface area contributed by atoms with E-state index < -0.39 is 12.4 Å². The summed E-state index contributed by atoms with van der Waals surface area (Å²) in [6, 6.07) is 18.4. The van der Waals surface area contributed by atoms with Crippen molar-refractivity contribution in [3.05, 3.63) is 83.9 Å². The van der Waals surface area contributed by atoms with Gasteiger partial charge in [0.05, 0.1) is 17.1 Å². The Morgan fingerprint density at radius 1 is 1.10 bits per heavy atom. The molecule has 41 heavy (non-hydrogen) atoms. The molecule has 9 nitrogen and oxygen atoms in total. The first-order valence-corrected chi connectivity index (χ1v) is 13.2. The van der Waals surface area contributed by atoms with Gasteiger partial charge in [-0.15, -0.1) is 13.2 Å². The van der Waals surface area contributed by atoms with Gasteiger partial charge in [0.2, 0.25) is 5.91 Å². The van der Waals surface area contributed by atoms with Crippen molar-refractivity contribution in [3.8, 4) is 5.75 Å². The fraction of sp³-hybridized carbons (Fsp3) is 0.179. The third kappa shape index (κ3) is 7.94. The van der Waals surface area contributed by atoms with E-state index in [0.29, 0.717) is 27.8 Å². The van der Waals surface area contributed by atoms with Crippen LogP contribution < -0.4 is 20.7 Å². The maximum atomic E-state index is 12.7. The molecule has 3 aromatic carbocycles. The van der Waals surface area contributed by atoms with Crippen molar-refractivity contribution in [2.45, 2.75) is 26.1 Å². The number of hydrogen-bond acceptors (Lipinski definition) is 5. The molecule has 0 atom stereocenters. The van der Waals surface area contributed by atoms with Crippen molar-refractivity contribution in [1.29, 1.82) is 0 Å². The number of aliphatic imine (C=N–C) groups is 3. The molecule has 0 aliphatic carbocycles. The topological polar surface area (TPSA) is 122 Å². The third-order valence-corrected chi connectivity index (χ3v) is 6.59. The lowest BCUT2D eigenvalue weighted by atomic mass is 10.0. The molecule has 0 radical (unpaired) electrons. The Kier molecular flexibility index (Phi) is 9.07. The Labute approximate surface area is 239 Å². The quantitative estimate of drug-likeness (QED) is 0.237. The molecule has 13 heteroatoms. The average molecular weight is 585 g/mol. The van der Waals surface area contributed by atoms with Crippen LogP contribution in [-0.4, -0.2) is 41.4 Å². The van der Waals surface area contributed by atoms with Crippen LogP contribution >= 0.6 is 11.8 Å². The van der Waals surface area contributed by atoms with Gasteiger partial charge in [-0.05, 0) is 66.1 Å². The van der Waals surface area contributed by atoms with Gasteiger partial charge < -0.3 is 15.8 Å². The lowest BCUT2D eigenvalue weighted by molar-refractivity contribution is -0.274. The van der Waals surface area contributed by atoms with Crippen LogP contribution in [0.1, 0.15) is 32.3 Å². The molecule has 3 aromatic rings. The molecule has 0 unspecified atom stereocenters. The van der Waals surface area contributed by atoms with Crippen LogP contribution in [0.5, 0.6) is 5.75 Å². The highest BCUT2D eigenvalue weighted by molar-refractivity contribution is 8.15. The Balaban J connectivity index is 0.00000484. The number of anilines is 2. The largest absolute Gasteiger partial charge is 0.573 e. The Morgan fingerprint density at radius 3 is 2.44 bits per heavy atom. The number of nitrogens with two attached hydrogens (primary N) is 1. The third-order valence-electron chi connectivity index (χ3n) is 5.67. The SMILES string of the molecule is CC(C)c1ccccc1N1C(=O)CS/C1=N/C(=O)Nc1ccc(C(N)=NC=Nc2ccc(OC(F)(F)F)cc2)cc1.[HH]. The average Bonchev–Trinajstić information content (AvgIpc) is 3.28. The van der Waals surface area contributed by atoms with Crippen molar-refractivity contribution >= 4 is 58.1 Å². The van der Waals surface area contributed by atoms with Crippen LogP contribution in [0.15, 0.2) is 87.8 Å². The molecular formula is C28H27F3N6O3S. The van der Waals surface area contributed by atoms with Crippen LogP contribution in [0.3, 0.4) is 0 Å². The molecule has 1 heterocycles. The Morgan fingerprint density at radius 2 is 1.78 bits per heavy atom. The van der Waals surface area contributed by atoms with E-state index in [2.05, 4.69) is 25.0 Å². The van der Waals surface area contributed by atoms with Crippen LogP contribution in [0.25, 0.3) is 0 Å². The number of benzene rings is 3. The van der Waals surface area contributed by atoms with Gasteiger partial charge in [0.25, 0.3) is 0 Å². The molecule has 0 saturated carbocycles. The number of nitrogens with zero attached hydrogens (tertiary/aromatic N) is 4. The van der Waals surface area contributed by atoms with Crippen LogP contribution in [0.4, 0.5) is 35.0 Å². The predicted molar refractivity (Wildman–Crippen MR) is 157 cm³/mol. The van der Waals surface area contributed by atoms with E-state index in [1.807, 2.05) is 38.1 Å². The number of nitrogens with one attached hydrogen (secondary N) is 1. The fourth-order valence-electron chi connectivity index (χ4n) is 3.79. The highest BCUT2D eigenvalue weighted by Crippen LogP contribution is 2.33. The van der Waals surface area contributed by atoms with E-state index in [1.54, 1.807) is 24.3 Å². The second-order valence-corrected chi connectivity index (χ2v) is 9.88. The number of hydrogen-bond donors (Lipinski definition) is 2. The minimum Gasteiger partial charge on any atom is -0.406 e. The summed E-state index contributed by atoms with van der Waals surface area (Å²) >= 11 is 1.20. The minimum atomic E-state index is -4.77. The highest BCUT2D eigenvalue weighted by Gasteiger charge is 2.32. The molecular weight excluding hydrogens is 557 g/mol. The van der Waals surface area contributed by atoms with E-state index in [-0.39, 0.29) is 30.6 Å². The van der Waals surface area contributed by atoms with Crippen molar-refractivity contribution in [3.63, 3.8) is 0 Å². The number of rotatable bonds is 7. The fourth-order valence-corrected chi connectivity index (χ4v) is 4.65. The molecule has 3 N–H and O–H groups in total. The number of thioether (sulfide) groups is 1. The summed E-state index contributed by atoms with van der Waals surface area (Å²) in [7, 11) is 0. The van der Waals surface area contributed by atoms with E-state index in [1.165, 1.54) is 35.1 Å². The zero-order valence-electron chi connectivity index (χ0n) is 21.9. The van der Waals surface area contributed by atoms with Crippen LogP contribution in [-0.2, 0) is 4.79 Å². The monoisotopic (exact) mass is 584 g/mol. The standard InChI is InChI=1S/C28H25F3N6O3S.H2/c1-17(2)22-5-3-4-6-23(22)37-24(38)15-41-27(37)36-26(39)35-20-9-7-18(8-10-20)25(32)34-16-33-19-11-13-21(14-12-19)40-28(29,30)31;/h3-14,16-17H,15H2,1-2H3,(H,35,39)(H2,32,33,34);1H/b36-27+;. The number of amidine groups is 2. The van der Waals surface area contributed by atoms with E-state index >= 15 is 0 Å². The van der Waals surface area contributed by atoms with Crippen molar-refractivity contribution < 1.29 is 28.9 Å². The maximum Gasteiger partial charge on any atom is 0.573 e. The molecule has 1 saturated heterocycles. The summed E-state index contributed by atoms with van der Waals surface area (Å²) in [5.41, 5.74) is 9.03. The number of amides is 3. The summed E-state index contributed by atoms with van der Waals surface area (Å²) in [6.07, 6.45) is -3.60. The van der Waals surface area contributed by atoms with E-state index in [4.69, 9.17) is 5.73 Å². The number of para-hydroxylation sites is 1. The lowest BCUT2D eigenvalue weighted by Gasteiger charge is -2.21. The first kappa shape index (κ1) is 29.3. The highest BCUT2D eigenvalue weighted by atomic mass is 32.2. The van der Waals surface area contributed by atoms with Crippen molar-refractivity contribution in [2.24, 2.45) is 20.7 Å². The van der Waals surface area contributed by atoms with Gasteiger partial charge in [-0.1, -0.05) is 43.8 Å². The van der Waals surface area contributed by atoms with Crippen LogP contribution in [0, 0.1) is 0 Å². The second-order valence-electron chi connectivity index (χ2n) is 8.93. The van der Waals surface area contributed by atoms with Crippen molar-refractivity contribution in [1.82, 2.24) is 0 Å². The summed E-state index contributed by atoms with van der Waals surface area (Å²) in [4.78, 5) is 39.0. The van der Waals surface area contributed by atoms with E-state index in [0.717, 1.165) is 17.7 Å². The molecule has 0 bridgehead atoms. The Hall–Kier alpha value is -4.65. The molecule has 0 spiro atoms. The molecule has 0 aromatic heterocycles. The molecule has 1 fully saturated rings. The number of halogens is 3. The van der Waals surface area contributed by atoms with Gasteiger partial charge in [0.15, 0.2) is 5.17 Å². The van der Waals surface area contributed by atoms with Gasteiger partial charge in [-0.3, -0.25) is 9.69 Å². The summed E-state index contributed by atoms with van der Waals surface area (Å²) in [5.74, 6) is -0.0162. The predicted octanol–water partition coefficient (Wildman–Crippen LogP) is 6.69. The summed E-state index contributed by atoms with van der Waals surface area (Å²) in [5, 5.41) is 2.98.